The molecule has 0 aromatic heterocycles. The van der Waals surface area contributed by atoms with Crippen LogP contribution in [0.1, 0.15) is 24.0 Å². The van der Waals surface area contributed by atoms with Gasteiger partial charge in [-0.05, 0) is 55.8 Å². The molecule has 2 aromatic rings. The van der Waals surface area contributed by atoms with Crippen LogP contribution in [-0.4, -0.2) is 43.5 Å². The van der Waals surface area contributed by atoms with E-state index in [2.05, 4.69) is 10.2 Å². The lowest BCUT2D eigenvalue weighted by Gasteiger charge is -2.30. The fourth-order valence-corrected chi connectivity index (χ4v) is 3.58. The number of hydrogen-bond acceptors (Lipinski definition) is 6. The minimum absolute atomic E-state index is 0.0309. The van der Waals surface area contributed by atoms with Crippen LogP contribution in [0.5, 0.6) is 11.5 Å². The smallest absolute Gasteiger partial charge is 0.262 e. The Balaban J connectivity index is 1.52. The molecule has 2 amide bonds. The van der Waals surface area contributed by atoms with Gasteiger partial charge in [0.15, 0.2) is 18.1 Å². The molecule has 1 aliphatic rings. The van der Waals surface area contributed by atoms with Crippen LogP contribution >= 0.6 is 0 Å². The van der Waals surface area contributed by atoms with Gasteiger partial charge in [0.25, 0.3) is 5.91 Å². The molecule has 1 aliphatic heterocycles. The van der Waals surface area contributed by atoms with E-state index < -0.39 is 0 Å². The second kappa shape index (κ2) is 10.5. The van der Waals surface area contributed by atoms with Gasteiger partial charge in [0.05, 0.1) is 18.7 Å². The number of likely N-dealkylation sites (tertiary alicyclic amines) is 1. The Morgan fingerprint density at radius 2 is 1.97 bits per heavy atom. The zero-order valence-corrected chi connectivity index (χ0v) is 17.5. The van der Waals surface area contributed by atoms with Crippen molar-refractivity contribution in [2.75, 3.05) is 32.1 Å². The van der Waals surface area contributed by atoms with E-state index in [1.54, 1.807) is 18.2 Å². The van der Waals surface area contributed by atoms with Crippen molar-refractivity contribution in [3.63, 3.8) is 0 Å². The summed E-state index contributed by atoms with van der Waals surface area (Å²) < 4.78 is 10.8. The van der Waals surface area contributed by atoms with Crippen LogP contribution in [0.2, 0.25) is 0 Å². The van der Waals surface area contributed by atoms with Gasteiger partial charge >= 0.3 is 0 Å². The van der Waals surface area contributed by atoms with Crippen LogP contribution in [0.15, 0.2) is 42.5 Å². The molecule has 8 heteroatoms. The van der Waals surface area contributed by atoms with Crippen LogP contribution in [0.25, 0.3) is 0 Å². The number of benzene rings is 2. The van der Waals surface area contributed by atoms with E-state index in [0.717, 1.165) is 38.0 Å². The Kier molecular flexibility index (Phi) is 7.46. The number of hydrogen-bond donors (Lipinski definition) is 2. The lowest BCUT2D eigenvalue weighted by Crippen LogP contribution is -2.38. The molecule has 31 heavy (non-hydrogen) atoms. The molecule has 2 aromatic carbocycles. The van der Waals surface area contributed by atoms with Crippen LogP contribution in [-0.2, 0) is 16.1 Å². The van der Waals surface area contributed by atoms with E-state index in [1.807, 2.05) is 30.3 Å². The van der Waals surface area contributed by atoms with Crippen molar-refractivity contribution in [1.29, 1.82) is 5.26 Å². The average Bonchev–Trinajstić information content (AvgIpc) is 2.78. The summed E-state index contributed by atoms with van der Waals surface area (Å²) >= 11 is 0. The van der Waals surface area contributed by atoms with Crippen molar-refractivity contribution in [1.82, 2.24) is 4.90 Å². The first-order valence-corrected chi connectivity index (χ1v) is 10.1. The number of methoxy groups -OCH3 is 1. The van der Waals surface area contributed by atoms with E-state index in [9.17, 15) is 9.59 Å². The maximum atomic E-state index is 12.3. The number of anilines is 1. The lowest BCUT2D eigenvalue weighted by atomic mass is 9.96. The predicted octanol–water partition coefficient (Wildman–Crippen LogP) is 2.28. The Bertz CT molecular complexity index is 978. The van der Waals surface area contributed by atoms with Crippen LogP contribution in [0.3, 0.4) is 0 Å². The first-order chi connectivity index (χ1) is 15.0. The van der Waals surface area contributed by atoms with Crippen LogP contribution < -0.4 is 20.5 Å². The number of nitrogens with two attached hydrogens (primary N) is 1. The molecular weight excluding hydrogens is 396 g/mol. The fourth-order valence-electron chi connectivity index (χ4n) is 3.58. The molecule has 0 unspecified atom stereocenters. The molecule has 8 nitrogen and oxygen atoms in total. The molecule has 0 radical (unpaired) electrons. The van der Waals surface area contributed by atoms with Gasteiger partial charge in [-0.3, -0.25) is 14.5 Å². The number of rotatable bonds is 8. The van der Waals surface area contributed by atoms with Gasteiger partial charge in [0.1, 0.15) is 0 Å². The molecular formula is C23H26N4O4. The maximum Gasteiger partial charge on any atom is 0.262 e. The van der Waals surface area contributed by atoms with E-state index >= 15 is 0 Å². The Morgan fingerprint density at radius 1 is 1.19 bits per heavy atom. The van der Waals surface area contributed by atoms with E-state index in [-0.39, 0.29) is 24.3 Å². The van der Waals surface area contributed by atoms with Gasteiger partial charge in [-0.25, -0.2) is 0 Å². The highest BCUT2D eigenvalue weighted by atomic mass is 16.5. The van der Waals surface area contributed by atoms with Crippen molar-refractivity contribution in [2.45, 2.75) is 19.4 Å². The fraction of sp³-hybridized carbons (Fsp3) is 0.348. The van der Waals surface area contributed by atoms with Gasteiger partial charge in [0, 0.05) is 24.2 Å². The van der Waals surface area contributed by atoms with Gasteiger partial charge < -0.3 is 20.5 Å². The second-order valence-electron chi connectivity index (χ2n) is 7.47. The molecule has 0 saturated carbocycles. The molecule has 0 bridgehead atoms. The SMILES string of the molecule is COc1cc(C#N)ccc1OCC(=O)Nc1cccc(CN2CCC(C(N)=O)CC2)c1. The molecule has 162 valence electrons. The van der Waals surface area contributed by atoms with E-state index in [4.69, 9.17) is 20.5 Å². The van der Waals surface area contributed by atoms with E-state index in [0.29, 0.717) is 22.7 Å². The van der Waals surface area contributed by atoms with E-state index in [1.165, 1.54) is 7.11 Å². The number of primary amides is 1. The number of ether oxygens (including phenoxy) is 2. The molecule has 1 fully saturated rings. The van der Waals surface area contributed by atoms with Crippen molar-refractivity contribution < 1.29 is 19.1 Å². The zero-order chi connectivity index (χ0) is 22.2. The third-order valence-corrected chi connectivity index (χ3v) is 5.26. The molecule has 0 aliphatic carbocycles. The van der Waals surface area contributed by atoms with Crippen LogP contribution in [0, 0.1) is 17.2 Å². The highest BCUT2D eigenvalue weighted by Crippen LogP contribution is 2.27. The highest BCUT2D eigenvalue weighted by molar-refractivity contribution is 5.92. The zero-order valence-electron chi connectivity index (χ0n) is 17.5. The van der Waals surface area contributed by atoms with Crippen molar-refractivity contribution in [2.24, 2.45) is 11.7 Å². The first kappa shape index (κ1) is 22.1. The normalized spacial score (nSPS) is 14.5. The molecule has 0 atom stereocenters. The summed E-state index contributed by atoms with van der Waals surface area (Å²) in [5, 5.41) is 11.8. The number of nitrogens with zero attached hydrogens (tertiary/aromatic N) is 2. The summed E-state index contributed by atoms with van der Waals surface area (Å²) in [5.41, 5.74) is 7.60. The quantitative estimate of drug-likeness (QED) is 0.674. The Morgan fingerprint density at radius 3 is 2.65 bits per heavy atom. The summed E-state index contributed by atoms with van der Waals surface area (Å²) in [6, 6.07) is 14.4. The third-order valence-electron chi connectivity index (χ3n) is 5.26. The van der Waals surface area contributed by atoms with Gasteiger partial charge in [-0.2, -0.15) is 5.26 Å². The first-order valence-electron chi connectivity index (χ1n) is 10.1. The molecule has 1 heterocycles. The number of nitrogens with one attached hydrogen (secondary N) is 1. The molecule has 1 saturated heterocycles. The highest BCUT2D eigenvalue weighted by Gasteiger charge is 2.23. The van der Waals surface area contributed by atoms with Gasteiger partial charge in [-0.1, -0.05) is 12.1 Å². The van der Waals surface area contributed by atoms with Gasteiger partial charge in [-0.15, -0.1) is 0 Å². The number of piperidine rings is 1. The standard InChI is InChI=1S/C23H26N4O4/c1-30-21-12-16(13-24)5-6-20(21)31-15-22(28)26-19-4-2-3-17(11-19)14-27-9-7-18(8-10-27)23(25)29/h2-6,11-12,18H,7-10,14-15H2,1H3,(H2,25,29)(H,26,28). The summed E-state index contributed by atoms with van der Waals surface area (Å²) in [7, 11) is 1.48. The maximum absolute atomic E-state index is 12.3. The molecule has 0 spiro atoms. The largest absolute Gasteiger partial charge is 0.493 e. The summed E-state index contributed by atoms with van der Waals surface area (Å²) in [6.07, 6.45) is 1.56. The number of carbonyl (C=O) groups is 2. The predicted molar refractivity (Wildman–Crippen MR) is 115 cm³/mol. The second-order valence-corrected chi connectivity index (χ2v) is 7.47. The Hall–Kier alpha value is -3.57. The summed E-state index contributed by atoms with van der Waals surface area (Å²) in [6.45, 7) is 2.20. The number of carbonyl (C=O) groups excluding carboxylic acids is 2. The number of nitriles is 1. The summed E-state index contributed by atoms with van der Waals surface area (Å²) in [4.78, 5) is 25.9. The monoisotopic (exact) mass is 422 g/mol. The van der Waals surface area contributed by atoms with Crippen molar-refractivity contribution in [3.05, 3.63) is 53.6 Å². The third kappa shape index (κ3) is 6.20. The molecule has 3 rings (SSSR count). The molecule has 3 N–H and O–H groups in total. The Labute approximate surface area is 181 Å². The lowest BCUT2D eigenvalue weighted by molar-refractivity contribution is -0.123. The van der Waals surface area contributed by atoms with Crippen LogP contribution in [0.4, 0.5) is 5.69 Å². The average molecular weight is 422 g/mol. The van der Waals surface area contributed by atoms with Gasteiger partial charge in [0.2, 0.25) is 5.91 Å². The number of amides is 2. The topological polar surface area (TPSA) is 118 Å². The summed E-state index contributed by atoms with van der Waals surface area (Å²) in [5.74, 6) is 0.242. The minimum Gasteiger partial charge on any atom is -0.493 e. The minimum atomic E-state index is -0.300. The van der Waals surface area contributed by atoms with Crippen molar-refractivity contribution >= 4 is 17.5 Å². The van der Waals surface area contributed by atoms with Crippen molar-refractivity contribution in [3.8, 4) is 17.6 Å².